The summed E-state index contributed by atoms with van der Waals surface area (Å²) in [7, 11) is 0. The van der Waals surface area contributed by atoms with Gasteiger partial charge in [-0.25, -0.2) is 0 Å². The summed E-state index contributed by atoms with van der Waals surface area (Å²) in [5.41, 5.74) is 18.6. The van der Waals surface area contributed by atoms with Crippen LogP contribution in [0.4, 0.5) is 0 Å². The minimum atomic E-state index is -0.982. The fourth-order valence-corrected chi connectivity index (χ4v) is 7.08. The molecule has 54 heavy (non-hydrogen) atoms. The van der Waals surface area contributed by atoms with E-state index in [0.29, 0.717) is 71.2 Å². The lowest BCUT2D eigenvalue weighted by atomic mass is 9.71. The Kier molecular flexibility index (Phi) is 18.3. The van der Waals surface area contributed by atoms with Gasteiger partial charge in [0.1, 0.15) is 18.1 Å². The number of nitrogens with one attached hydrogen (secondary N) is 3. The third-order valence-electron chi connectivity index (χ3n) is 10.3. The average Bonchev–Trinajstić information content (AvgIpc) is 3.13. The molecule has 9 N–H and O–H groups in total. The molecule has 5 amide bonds. The Bertz CT molecular complexity index is 1420. The van der Waals surface area contributed by atoms with E-state index in [0.717, 1.165) is 24.8 Å². The molecule has 300 valence electrons. The second kappa shape index (κ2) is 22.3. The number of allylic oxidation sites excluding steroid dienone is 4. The maximum absolute atomic E-state index is 14.0. The lowest BCUT2D eigenvalue weighted by molar-refractivity contribution is -0.152. The predicted molar refractivity (Wildman–Crippen MR) is 213 cm³/mol. The Hall–Kier alpha value is -4.07. The molecule has 1 aromatic rings. The first-order chi connectivity index (χ1) is 25.8. The minimum absolute atomic E-state index is 0.00914. The zero-order valence-electron chi connectivity index (χ0n) is 32.9. The van der Waals surface area contributed by atoms with E-state index >= 15 is 0 Å². The number of carbonyl (C=O) groups excluding carboxylic acids is 5. The maximum Gasteiger partial charge on any atom is 0.245 e. The van der Waals surface area contributed by atoms with Gasteiger partial charge in [0, 0.05) is 38.0 Å². The summed E-state index contributed by atoms with van der Waals surface area (Å²) < 4.78 is 0. The number of rotatable bonds is 21. The summed E-state index contributed by atoms with van der Waals surface area (Å²) in [6, 6.07) is 5.28. The summed E-state index contributed by atoms with van der Waals surface area (Å²) in [5, 5.41) is 8.74. The number of nitrogens with two attached hydrogens (primary N) is 3. The van der Waals surface area contributed by atoms with Crippen molar-refractivity contribution in [3.63, 3.8) is 0 Å². The van der Waals surface area contributed by atoms with Crippen molar-refractivity contribution in [1.29, 1.82) is 0 Å². The van der Waals surface area contributed by atoms with Gasteiger partial charge in [0.15, 0.2) is 0 Å². The monoisotopic (exact) mass is 751 g/mol. The fourth-order valence-electron chi connectivity index (χ4n) is 7.08. The first-order valence-corrected chi connectivity index (χ1v) is 19.8. The molecular weight excluding hydrogens is 685 g/mol. The number of hydrogen-bond donors (Lipinski definition) is 6. The number of hydrogen-bond acceptors (Lipinski definition) is 8. The van der Waals surface area contributed by atoms with Crippen LogP contribution in [0.25, 0.3) is 0 Å². The molecule has 1 spiro atoms. The molecule has 2 saturated heterocycles. The average molecular weight is 751 g/mol. The predicted octanol–water partition coefficient (Wildman–Crippen LogP) is 2.29. The van der Waals surface area contributed by atoms with E-state index in [1.807, 2.05) is 68.5 Å². The second-order valence-corrected chi connectivity index (χ2v) is 15.5. The quantitative estimate of drug-likeness (QED) is 0.0811. The number of carbonyl (C=O) groups is 5. The highest BCUT2D eigenvalue weighted by Crippen LogP contribution is 2.40. The van der Waals surface area contributed by atoms with Gasteiger partial charge in [0.05, 0.1) is 12.1 Å². The van der Waals surface area contributed by atoms with Crippen molar-refractivity contribution in [2.75, 3.05) is 32.7 Å². The van der Waals surface area contributed by atoms with Gasteiger partial charge in [-0.3, -0.25) is 24.0 Å². The van der Waals surface area contributed by atoms with Crippen LogP contribution in [0.15, 0.2) is 54.6 Å². The van der Waals surface area contributed by atoms with Crippen molar-refractivity contribution in [2.45, 2.75) is 122 Å². The fraction of sp³-hybridized carbons (Fsp3) is 0.634. The molecule has 13 nitrogen and oxygen atoms in total. The summed E-state index contributed by atoms with van der Waals surface area (Å²) in [5.74, 6) is -1.58. The van der Waals surface area contributed by atoms with E-state index in [4.69, 9.17) is 17.2 Å². The second-order valence-electron chi connectivity index (χ2n) is 15.5. The third-order valence-corrected chi connectivity index (χ3v) is 10.3. The molecule has 0 bridgehead atoms. The van der Waals surface area contributed by atoms with Crippen LogP contribution < -0.4 is 33.2 Å². The van der Waals surface area contributed by atoms with Crippen LogP contribution in [0.1, 0.15) is 91.0 Å². The normalized spacial score (nSPS) is 18.2. The number of amides is 5. The first-order valence-electron chi connectivity index (χ1n) is 19.8. The van der Waals surface area contributed by atoms with Crippen LogP contribution in [0.3, 0.4) is 0 Å². The number of benzene rings is 1. The van der Waals surface area contributed by atoms with Crippen molar-refractivity contribution >= 4 is 29.5 Å². The van der Waals surface area contributed by atoms with E-state index < -0.39 is 47.9 Å². The minimum Gasteiger partial charge on any atom is -0.343 e. The molecular formula is C41H66N8O5. The van der Waals surface area contributed by atoms with Crippen LogP contribution in [-0.2, 0) is 30.4 Å². The van der Waals surface area contributed by atoms with E-state index in [-0.39, 0.29) is 29.6 Å². The van der Waals surface area contributed by atoms with Gasteiger partial charge in [0.25, 0.3) is 0 Å². The Morgan fingerprint density at radius 3 is 2.00 bits per heavy atom. The lowest BCUT2D eigenvalue weighted by Gasteiger charge is -2.54. The molecule has 1 aromatic carbocycles. The molecule has 0 aliphatic carbocycles. The van der Waals surface area contributed by atoms with Crippen molar-refractivity contribution < 1.29 is 24.0 Å². The Morgan fingerprint density at radius 1 is 0.778 bits per heavy atom. The van der Waals surface area contributed by atoms with Crippen LogP contribution >= 0.6 is 0 Å². The Balaban J connectivity index is 1.70. The van der Waals surface area contributed by atoms with E-state index in [1.54, 1.807) is 16.7 Å². The van der Waals surface area contributed by atoms with Gasteiger partial charge in [-0.15, -0.1) is 0 Å². The number of unbranched alkanes of at least 4 members (excludes halogenated alkanes) is 1. The van der Waals surface area contributed by atoms with Crippen LogP contribution in [0, 0.1) is 11.3 Å². The Labute approximate surface area is 322 Å². The SMILES string of the molecule is CC/C=C\C=C/CC[C@@H](N)C(=O)N[C@H](Cc1ccccc1)C(=O)N[C@H](CC(C)C)C(=O)N[C@H](CCCCN)C(=O)N1CCC2(CC1)CN(C(=O)[C@@H](C)N)C2. The molecule has 2 aliphatic rings. The summed E-state index contributed by atoms with van der Waals surface area (Å²) in [4.78, 5) is 71.1. The zero-order chi connectivity index (χ0) is 39.7. The molecule has 2 aliphatic heterocycles. The molecule has 0 aromatic heterocycles. The highest BCUT2D eigenvalue weighted by atomic mass is 16.2. The molecule has 3 rings (SSSR count). The number of piperidine rings is 1. The van der Waals surface area contributed by atoms with E-state index in [2.05, 4.69) is 22.9 Å². The molecule has 0 saturated carbocycles. The van der Waals surface area contributed by atoms with Gasteiger partial charge in [-0.2, -0.15) is 0 Å². The largest absolute Gasteiger partial charge is 0.343 e. The zero-order valence-corrected chi connectivity index (χ0v) is 32.9. The van der Waals surface area contributed by atoms with Crippen LogP contribution in [-0.4, -0.2) is 102 Å². The first kappa shape index (κ1) is 44.3. The van der Waals surface area contributed by atoms with Crippen molar-refractivity contribution in [1.82, 2.24) is 25.8 Å². The third kappa shape index (κ3) is 14.0. The topological polar surface area (TPSA) is 206 Å². The van der Waals surface area contributed by atoms with Crippen molar-refractivity contribution in [3.05, 3.63) is 60.2 Å². The van der Waals surface area contributed by atoms with Crippen LogP contribution in [0.5, 0.6) is 0 Å². The molecule has 13 heteroatoms. The smallest absolute Gasteiger partial charge is 0.245 e. The lowest BCUT2D eigenvalue weighted by Crippen LogP contribution is -2.65. The Morgan fingerprint density at radius 2 is 1.39 bits per heavy atom. The molecule has 0 unspecified atom stereocenters. The molecule has 2 heterocycles. The summed E-state index contributed by atoms with van der Waals surface area (Å²) in [6.07, 6.45) is 13.6. The van der Waals surface area contributed by atoms with Gasteiger partial charge < -0.3 is 43.0 Å². The summed E-state index contributed by atoms with van der Waals surface area (Å²) in [6.45, 7) is 10.5. The molecule has 5 atom stereocenters. The van der Waals surface area contributed by atoms with Crippen LogP contribution in [0.2, 0.25) is 0 Å². The van der Waals surface area contributed by atoms with Gasteiger partial charge >= 0.3 is 0 Å². The van der Waals surface area contributed by atoms with Gasteiger partial charge in [-0.1, -0.05) is 75.4 Å². The molecule has 2 fully saturated rings. The van der Waals surface area contributed by atoms with Gasteiger partial charge in [-0.05, 0) is 82.7 Å². The maximum atomic E-state index is 14.0. The van der Waals surface area contributed by atoms with Gasteiger partial charge in [0.2, 0.25) is 29.5 Å². The highest BCUT2D eigenvalue weighted by molar-refractivity contribution is 5.95. The number of likely N-dealkylation sites (tertiary alicyclic amines) is 2. The number of nitrogens with zero attached hydrogens (tertiary/aromatic N) is 2. The van der Waals surface area contributed by atoms with E-state index in [9.17, 15) is 24.0 Å². The van der Waals surface area contributed by atoms with E-state index in [1.165, 1.54) is 0 Å². The summed E-state index contributed by atoms with van der Waals surface area (Å²) >= 11 is 0. The van der Waals surface area contributed by atoms with Crippen molar-refractivity contribution in [2.24, 2.45) is 28.5 Å². The highest BCUT2D eigenvalue weighted by Gasteiger charge is 2.48. The van der Waals surface area contributed by atoms with Crippen molar-refractivity contribution in [3.8, 4) is 0 Å². The standard InChI is InChI=1S/C41H66N8O5/c1-5-6-7-8-9-13-18-32(44)36(50)46-35(26-31-16-11-10-12-17-31)38(52)47-34(25-29(2)3)37(51)45-33(19-14-15-22-42)40(54)48-23-20-41(21-24-48)27-49(28-41)39(53)30(4)43/h6-12,16-17,29-30,32-35H,5,13-15,18-28,42-44H2,1-4H3,(H,45,51)(H,46,50)(H,47,52)/b7-6-,9-8-/t30-,32-,33-,34-,35-/m1/s1. The molecule has 0 radical (unpaired) electrons.